The SMILES string of the molecule is Cc1nc(C(=O)Nc2cccc(C(F)(F)F)c2)n[nH]1. The first-order valence-electron chi connectivity index (χ1n) is 5.24. The number of H-pyrrole nitrogens is 1. The number of nitrogens with one attached hydrogen (secondary N) is 2. The first-order chi connectivity index (χ1) is 8.86. The molecule has 19 heavy (non-hydrogen) atoms. The number of hydrogen-bond acceptors (Lipinski definition) is 3. The van der Waals surface area contributed by atoms with Crippen molar-refractivity contribution in [1.82, 2.24) is 15.2 Å². The minimum atomic E-state index is -4.46. The summed E-state index contributed by atoms with van der Waals surface area (Å²) in [5.41, 5.74) is -0.807. The molecule has 100 valence electrons. The van der Waals surface area contributed by atoms with Crippen LogP contribution in [0, 0.1) is 6.92 Å². The molecule has 2 rings (SSSR count). The van der Waals surface area contributed by atoms with Crippen LogP contribution in [0.1, 0.15) is 22.0 Å². The molecule has 0 saturated carbocycles. The van der Waals surface area contributed by atoms with Crippen molar-refractivity contribution in [3.63, 3.8) is 0 Å². The van der Waals surface area contributed by atoms with Crippen LogP contribution in [0.15, 0.2) is 24.3 Å². The van der Waals surface area contributed by atoms with Crippen molar-refractivity contribution in [2.75, 3.05) is 5.32 Å². The molecule has 1 aromatic carbocycles. The van der Waals surface area contributed by atoms with Crippen LogP contribution in [0.4, 0.5) is 18.9 Å². The molecule has 0 bridgehead atoms. The molecular formula is C11H9F3N4O. The lowest BCUT2D eigenvalue weighted by atomic mass is 10.2. The summed E-state index contributed by atoms with van der Waals surface area (Å²) >= 11 is 0. The molecule has 0 radical (unpaired) electrons. The number of aryl methyl sites for hydroxylation is 1. The number of carbonyl (C=O) groups is 1. The first kappa shape index (κ1) is 13.1. The molecule has 0 spiro atoms. The monoisotopic (exact) mass is 270 g/mol. The van der Waals surface area contributed by atoms with Crippen LogP contribution >= 0.6 is 0 Å². The molecule has 1 amide bonds. The normalized spacial score (nSPS) is 11.4. The summed E-state index contributed by atoms with van der Waals surface area (Å²) in [6.07, 6.45) is -4.46. The maximum absolute atomic E-state index is 12.5. The molecule has 0 atom stereocenters. The van der Waals surface area contributed by atoms with E-state index in [1.54, 1.807) is 6.92 Å². The average Bonchev–Trinajstić information content (AvgIpc) is 2.75. The number of carbonyl (C=O) groups excluding carboxylic acids is 1. The maximum Gasteiger partial charge on any atom is 0.416 e. The minimum absolute atomic E-state index is 0.0299. The van der Waals surface area contributed by atoms with Crippen molar-refractivity contribution in [3.05, 3.63) is 41.5 Å². The first-order valence-corrected chi connectivity index (χ1v) is 5.24. The number of anilines is 1. The van der Waals surface area contributed by atoms with Crippen molar-refractivity contribution in [2.45, 2.75) is 13.1 Å². The Bertz CT molecular complexity index is 606. The second-order valence-electron chi connectivity index (χ2n) is 3.78. The van der Waals surface area contributed by atoms with E-state index in [1.165, 1.54) is 12.1 Å². The third-order valence-corrected chi connectivity index (χ3v) is 2.25. The molecule has 0 aliphatic carbocycles. The molecule has 5 nitrogen and oxygen atoms in total. The van der Waals surface area contributed by atoms with Gasteiger partial charge in [-0.2, -0.15) is 13.2 Å². The average molecular weight is 270 g/mol. The zero-order chi connectivity index (χ0) is 14.0. The molecule has 2 aromatic rings. The molecule has 2 N–H and O–H groups in total. The smallest absolute Gasteiger partial charge is 0.319 e. The Morgan fingerprint density at radius 3 is 2.68 bits per heavy atom. The Balaban J connectivity index is 2.18. The van der Waals surface area contributed by atoms with Crippen LogP contribution in [0.2, 0.25) is 0 Å². The minimum Gasteiger partial charge on any atom is -0.319 e. The second kappa shape index (κ2) is 4.71. The van der Waals surface area contributed by atoms with Crippen LogP contribution < -0.4 is 5.32 Å². The van der Waals surface area contributed by atoms with E-state index in [0.717, 1.165) is 12.1 Å². The Labute approximate surface area is 105 Å². The Hall–Kier alpha value is -2.38. The molecule has 8 heteroatoms. The van der Waals surface area contributed by atoms with E-state index in [1.807, 2.05) is 0 Å². The van der Waals surface area contributed by atoms with Gasteiger partial charge < -0.3 is 5.32 Å². The van der Waals surface area contributed by atoms with Crippen molar-refractivity contribution in [2.24, 2.45) is 0 Å². The zero-order valence-corrected chi connectivity index (χ0v) is 9.75. The van der Waals surface area contributed by atoms with Gasteiger partial charge in [-0.25, -0.2) is 4.98 Å². The van der Waals surface area contributed by atoms with Gasteiger partial charge in [0, 0.05) is 5.69 Å². The van der Waals surface area contributed by atoms with E-state index in [-0.39, 0.29) is 11.5 Å². The summed E-state index contributed by atoms with van der Waals surface area (Å²) in [6, 6.07) is 4.33. The van der Waals surface area contributed by atoms with E-state index in [0.29, 0.717) is 5.82 Å². The predicted octanol–water partition coefficient (Wildman–Crippen LogP) is 2.38. The molecule has 1 heterocycles. The maximum atomic E-state index is 12.5. The molecule has 0 unspecified atom stereocenters. The van der Waals surface area contributed by atoms with Gasteiger partial charge in [0.25, 0.3) is 5.91 Å². The van der Waals surface area contributed by atoms with Crippen LogP contribution in [0.5, 0.6) is 0 Å². The van der Waals surface area contributed by atoms with E-state index in [2.05, 4.69) is 20.5 Å². The lowest BCUT2D eigenvalue weighted by Crippen LogP contribution is -2.14. The van der Waals surface area contributed by atoms with Gasteiger partial charge in [-0.1, -0.05) is 6.07 Å². The fourth-order valence-corrected chi connectivity index (χ4v) is 1.40. The number of aromatic amines is 1. The number of halogens is 3. The predicted molar refractivity (Wildman–Crippen MR) is 60.5 cm³/mol. The van der Waals surface area contributed by atoms with Gasteiger partial charge in [-0.05, 0) is 25.1 Å². The Morgan fingerprint density at radius 1 is 1.37 bits per heavy atom. The number of hydrogen-bond donors (Lipinski definition) is 2. The fraction of sp³-hybridized carbons (Fsp3) is 0.182. The summed E-state index contributed by atoms with van der Waals surface area (Å²) in [4.78, 5) is 15.4. The van der Waals surface area contributed by atoms with Crippen LogP contribution in [-0.2, 0) is 6.18 Å². The molecule has 1 aromatic heterocycles. The Kier molecular flexibility index (Phi) is 3.24. The number of rotatable bonds is 2. The van der Waals surface area contributed by atoms with Gasteiger partial charge in [0.1, 0.15) is 5.82 Å². The number of benzene rings is 1. The number of amides is 1. The lowest BCUT2D eigenvalue weighted by Gasteiger charge is -2.08. The summed E-state index contributed by atoms with van der Waals surface area (Å²) in [5.74, 6) is -0.368. The standard InChI is InChI=1S/C11H9F3N4O/c1-6-15-9(18-17-6)10(19)16-8-4-2-3-7(5-8)11(12,13)14/h2-5H,1H3,(H,16,19)(H,15,17,18). The lowest BCUT2D eigenvalue weighted by molar-refractivity contribution is -0.137. The van der Waals surface area contributed by atoms with Crippen molar-refractivity contribution >= 4 is 11.6 Å². The fourth-order valence-electron chi connectivity index (χ4n) is 1.40. The van der Waals surface area contributed by atoms with Gasteiger partial charge >= 0.3 is 6.18 Å². The van der Waals surface area contributed by atoms with E-state index < -0.39 is 17.6 Å². The van der Waals surface area contributed by atoms with Gasteiger partial charge in [0.05, 0.1) is 5.56 Å². The van der Waals surface area contributed by atoms with Crippen molar-refractivity contribution in [3.8, 4) is 0 Å². The van der Waals surface area contributed by atoms with E-state index in [9.17, 15) is 18.0 Å². The summed E-state index contributed by atoms with van der Waals surface area (Å²) < 4.78 is 37.5. The molecule has 0 aliphatic heterocycles. The third kappa shape index (κ3) is 3.09. The largest absolute Gasteiger partial charge is 0.416 e. The quantitative estimate of drug-likeness (QED) is 0.880. The summed E-state index contributed by atoms with van der Waals surface area (Å²) in [7, 11) is 0. The molecule has 0 fully saturated rings. The highest BCUT2D eigenvalue weighted by atomic mass is 19.4. The highest BCUT2D eigenvalue weighted by molar-refractivity contribution is 6.01. The van der Waals surface area contributed by atoms with Gasteiger partial charge in [0.2, 0.25) is 5.82 Å². The topological polar surface area (TPSA) is 70.7 Å². The van der Waals surface area contributed by atoms with Crippen LogP contribution in [0.3, 0.4) is 0 Å². The van der Waals surface area contributed by atoms with E-state index in [4.69, 9.17) is 0 Å². The van der Waals surface area contributed by atoms with Crippen molar-refractivity contribution < 1.29 is 18.0 Å². The molecular weight excluding hydrogens is 261 g/mol. The van der Waals surface area contributed by atoms with Crippen LogP contribution in [-0.4, -0.2) is 21.1 Å². The highest BCUT2D eigenvalue weighted by Gasteiger charge is 2.30. The number of nitrogens with zero attached hydrogens (tertiary/aromatic N) is 2. The second-order valence-corrected chi connectivity index (χ2v) is 3.78. The molecule has 0 saturated heterocycles. The van der Waals surface area contributed by atoms with Gasteiger partial charge in [-0.3, -0.25) is 9.89 Å². The Morgan fingerprint density at radius 2 is 2.11 bits per heavy atom. The third-order valence-electron chi connectivity index (χ3n) is 2.25. The summed E-state index contributed by atoms with van der Waals surface area (Å²) in [5, 5.41) is 8.38. The van der Waals surface area contributed by atoms with Gasteiger partial charge in [-0.15, -0.1) is 5.10 Å². The molecule has 0 aliphatic rings. The zero-order valence-electron chi connectivity index (χ0n) is 9.75. The summed E-state index contributed by atoms with van der Waals surface area (Å²) in [6.45, 7) is 1.61. The van der Waals surface area contributed by atoms with Gasteiger partial charge in [0.15, 0.2) is 0 Å². The van der Waals surface area contributed by atoms with Crippen LogP contribution in [0.25, 0.3) is 0 Å². The number of alkyl halides is 3. The van der Waals surface area contributed by atoms with E-state index >= 15 is 0 Å². The highest BCUT2D eigenvalue weighted by Crippen LogP contribution is 2.30. The number of aromatic nitrogens is 3. The van der Waals surface area contributed by atoms with Crippen molar-refractivity contribution in [1.29, 1.82) is 0 Å².